The van der Waals surface area contributed by atoms with Crippen LogP contribution in [0, 0.1) is 17.2 Å². The number of phenols is 1. The Balaban J connectivity index is 2.25. The molecule has 1 aliphatic carbocycles. The molecule has 1 N–H and O–H groups in total. The molecular formula is C12H13NO. The summed E-state index contributed by atoms with van der Waals surface area (Å²) in [5.41, 5.74) is 2.30. The lowest BCUT2D eigenvalue weighted by Gasteiger charge is -2.23. The Morgan fingerprint density at radius 1 is 1.50 bits per heavy atom. The molecule has 0 aromatic heterocycles. The number of aromatic hydroxyl groups is 1. The number of hydrogen-bond acceptors (Lipinski definition) is 2. The number of benzene rings is 1. The second kappa shape index (κ2) is 3.71. The maximum absolute atomic E-state index is 9.66. The second-order valence-corrected chi connectivity index (χ2v) is 3.89. The Kier molecular flexibility index (Phi) is 2.41. The summed E-state index contributed by atoms with van der Waals surface area (Å²) in [6.45, 7) is 0. The molecule has 0 amide bonds. The zero-order chi connectivity index (χ0) is 9.97. The molecule has 0 heterocycles. The van der Waals surface area contributed by atoms with Crippen molar-refractivity contribution in [3.05, 3.63) is 29.3 Å². The van der Waals surface area contributed by atoms with Crippen LogP contribution in [0.4, 0.5) is 0 Å². The highest BCUT2D eigenvalue weighted by atomic mass is 16.3. The lowest BCUT2D eigenvalue weighted by molar-refractivity contribution is 0.427. The molecule has 1 unspecified atom stereocenters. The fraction of sp³-hybridized carbons (Fsp3) is 0.417. The van der Waals surface area contributed by atoms with Crippen LogP contribution in [0.15, 0.2) is 18.2 Å². The molecule has 0 saturated carbocycles. The third-order valence-corrected chi connectivity index (χ3v) is 2.94. The maximum atomic E-state index is 9.66. The van der Waals surface area contributed by atoms with E-state index in [9.17, 15) is 5.11 Å². The van der Waals surface area contributed by atoms with E-state index in [1.54, 1.807) is 6.07 Å². The Morgan fingerprint density at radius 3 is 3.14 bits per heavy atom. The third-order valence-electron chi connectivity index (χ3n) is 2.94. The lowest BCUT2D eigenvalue weighted by atomic mass is 9.82. The van der Waals surface area contributed by atoms with Crippen molar-refractivity contribution >= 4 is 0 Å². The average molecular weight is 187 g/mol. The van der Waals surface area contributed by atoms with E-state index in [1.165, 1.54) is 5.56 Å². The Hall–Kier alpha value is -1.49. The van der Waals surface area contributed by atoms with Crippen molar-refractivity contribution < 1.29 is 5.11 Å². The first-order valence-corrected chi connectivity index (χ1v) is 4.98. The number of aryl methyl sites for hydroxylation is 1. The number of nitriles is 1. The molecule has 14 heavy (non-hydrogen) atoms. The van der Waals surface area contributed by atoms with Gasteiger partial charge in [0.25, 0.3) is 0 Å². The zero-order valence-electron chi connectivity index (χ0n) is 8.03. The summed E-state index contributed by atoms with van der Waals surface area (Å²) in [5.74, 6) is 0.825. The summed E-state index contributed by atoms with van der Waals surface area (Å²) in [7, 11) is 0. The summed E-state index contributed by atoms with van der Waals surface area (Å²) in [5, 5.41) is 18.3. The molecule has 72 valence electrons. The first-order chi connectivity index (χ1) is 6.81. The summed E-state index contributed by atoms with van der Waals surface area (Å²) < 4.78 is 0. The van der Waals surface area contributed by atoms with Gasteiger partial charge in [-0.05, 0) is 42.4 Å². The molecule has 0 spiro atoms. The lowest BCUT2D eigenvalue weighted by Crippen LogP contribution is -2.13. The summed E-state index contributed by atoms with van der Waals surface area (Å²) in [4.78, 5) is 0. The van der Waals surface area contributed by atoms with Gasteiger partial charge in [-0.2, -0.15) is 5.26 Å². The predicted molar refractivity (Wildman–Crippen MR) is 53.9 cm³/mol. The average Bonchev–Trinajstić information content (AvgIpc) is 2.20. The molecular weight excluding hydrogens is 174 g/mol. The summed E-state index contributed by atoms with van der Waals surface area (Å²) >= 11 is 0. The van der Waals surface area contributed by atoms with Crippen molar-refractivity contribution in [1.82, 2.24) is 0 Å². The van der Waals surface area contributed by atoms with Crippen LogP contribution in [-0.4, -0.2) is 5.11 Å². The number of hydrogen-bond donors (Lipinski definition) is 1. The molecule has 1 atom stereocenters. The molecule has 2 rings (SSSR count). The first kappa shape index (κ1) is 9.08. The zero-order valence-corrected chi connectivity index (χ0v) is 8.03. The van der Waals surface area contributed by atoms with Crippen molar-refractivity contribution in [2.75, 3.05) is 0 Å². The Morgan fingerprint density at radius 2 is 2.36 bits per heavy atom. The van der Waals surface area contributed by atoms with Crippen LogP contribution in [0.5, 0.6) is 5.75 Å². The highest BCUT2D eigenvalue weighted by molar-refractivity contribution is 5.41. The second-order valence-electron chi connectivity index (χ2n) is 3.89. The van der Waals surface area contributed by atoms with Crippen molar-refractivity contribution in [1.29, 1.82) is 5.26 Å². The van der Waals surface area contributed by atoms with Crippen LogP contribution in [0.25, 0.3) is 0 Å². The molecule has 1 aliphatic rings. The van der Waals surface area contributed by atoms with Gasteiger partial charge < -0.3 is 5.11 Å². The van der Waals surface area contributed by atoms with Crippen LogP contribution in [0.3, 0.4) is 0 Å². The molecule has 2 nitrogen and oxygen atoms in total. The topological polar surface area (TPSA) is 44.0 Å². The molecule has 0 aliphatic heterocycles. The van der Waals surface area contributed by atoms with Gasteiger partial charge in [0.15, 0.2) is 0 Å². The highest BCUT2D eigenvalue weighted by Crippen LogP contribution is 2.32. The van der Waals surface area contributed by atoms with Gasteiger partial charge >= 0.3 is 0 Å². The third kappa shape index (κ3) is 1.58. The van der Waals surface area contributed by atoms with Crippen LogP contribution in [0.2, 0.25) is 0 Å². The van der Waals surface area contributed by atoms with Crippen LogP contribution < -0.4 is 0 Å². The molecule has 0 bridgehead atoms. The standard InChI is InChI=1S/C12H13NO/c13-7-6-9-4-5-10-2-1-3-12(14)11(10)8-9/h1-3,9,14H,4-6,8H2. The van der Waals surface area contributed by atoms with E-state index in [0.29, 0.717) is 18.1 Å². The van der Waals surface area contributed by atoms with Gasteiger partial charge in [-0.15, -0.1) is 0 Å². The molecule has 1 aromatic carbocycles. The highest BCUT2D eigenvalue weighted by Gasteiger charge is 2.20. The van der Waals surface area contributed by atoms with Crippen molar-refractivity contribution in [2.24, 2.45) is 5.92 Å². The fourth-order valence-electron chi connectivity index (χ4n) is 2.14. The molecule has 0 saturated heterocycles. The van der Waals surface area contributed by atoms with E-state index in [0.717, 1.165) is 24.8 Å². The van der Waals surface area contributed by atoms with Crippen molar-refractivity contribution in [3.8, 4) is 11.8 Å². The van der Waals surface area contributed by atoms with Gasteiger partial charge in [-0.25, -0.2) is 0 Å². The monoisotopic (exact) mass is 187 g/mol. The summed E-state index contributed by atoms with van der Waals surface area (Å²) in [6, 6.07) is 7.89. The largest absolute Gasteiger partial charge is 0.508 e. The van der Waals surface area contributed by atoms with Crippen LogP contribution in [0.1, 0.15) is 24.0 Å². The first-order valence-electron chi connectivity index (χ1n) is 4.98. The minimum Gasteiger partial charge on any atom is -0.508 e. The number of nitrogens with zero attached hydrogens (tertiary/aromatic N) is 1. The Labute approximate surface area is 83.8 Å². The molecule has 0 fully saturated rings. The predicted octanol–water partition coefficient (Wildman–Crippen LogP) is 2.41. The van der Waals surface area contributed by atoms with Gasteiger partial charge in [0.2, 0.25) is 0 Å². The number of fused-ring (bicyclic) bond motifs is 1. The van der Waals surface area contributed by atoms with E-state index in [1.807, 2.05) is 6.07 Å². The SMILES string of the molecule is N#CCC1CCc2cccc(O)c2C1. The number of phenolic OH excluding ortho intramolecular Hbond substituents is 1. The van der Waals surface area contributed by atoms with E-state index in [4.69, 9.17) is 5.26 Å². The van der Waals surface area contributed by atoms with Gasteiger partial charge in [-0.3, -0.25) is 0 Å². The Bertz CT molecular complexity index is 378. The van der Waals surface area contributed by atoms with Gasteiger partial charge in [-0.1, -0.05) is 12.1 Å². The van der Waals surface area contributed by atoms with Crippen molar-refractivity contribution in [2.45, 2.75) is 25.7 Å². The minimum absolute atomic E-state index is 0.394. The van der Waals surface area contributed by atoms with Gasteiger partial charge in [0.1, 0.15) is 5.75 Å². The van der Waals surface area contributed by atoms with E-state index < -0.39 is 0 Å². The smallest absolute Gasteiger partial charge is 0.119 e. The van der Waals surface area contributed by atoms with Gasteiger partial charge in [0, 0.05) is 6.42 Å². The van der Waals surface area contributed by atoms with E-state index >= 15 is 0 Å². The fourth-order valence-corrected chi connectivity index (χ4v) is 2.14. The van der Waals surface area contributed by atoms with E-state index in [-0.39, 0.29) is 0 Å². The summed E-state index contributed by atoms with van der Waals surface area (Å²) in [6.07, 6.45) is 3.53. The quantitative estimate of drug-likeness (QED) is 0.733. The molecule has 2 heteroatoms. The molecule has 1 aromatic rings. The minimum atomic E-state index is 0.394. The maximum Gasteiger partial charge on any atom is 0.119 e. The van der Waals surface area contributed by atoms with E-state index in [2.05, 4.69) is 12.1 Å². The number of rotatable bonds is 1. The van der Waals surface area contributed by atoms with Gasteiger partial charge in [0.05, 0.1) is 6.07 Å². The normalized spacial score (nSPS) is 19.8. The van der Waals surface area contributed by atoms with Crippen LogP contribution >= 0.6 is 0 Å². The molecule has 0 radical (unpaired) electrons. The van der Waals surface area contributed by atoms with Crippen LogP contribution in [-0.2, 0) is 12.8 Å². The van der Waals surface area contributed by atoms with Crippen molar-refractivity contribution in [3.63, 3.8) is 0 Å².